The zero-order valence-electron chi connectivity index (χ0n) is 18.3. The number of hydrogen-bond acceptors (Lipinski definition) is 2. The maximum absolute atomic E-state index is 13.9. The van der Waals surface area contributed by atoms with Crippen molar-refractivity contribution in [2.45, 2.75) is 102 Å². The average Bonchev–Trinajstić information content (AvgIpc) is 2.72. The van der Waals surface area contributed by atoms with E-state index in [-0.39, 0.29) is 12.8 Å². The summed E-state index contributed by atoms with van der Waals surface area (Å²) in [6, 6.07) is 0. The van der Waals surface area contributed by atoms with E-state index in [4.69, 9.17) is 0 Å². The molecule has 0 fully saturated rings. The van der Waals surface area contributed by atoms with E-state index >= 15 is 0 Å². The second-order valence-electron chi connectivity index (χ2n) is 7.64. The van der Waals surface area contributed by atoms with Crippen molar-refractivity contribution >= 4 is 11.8 Å². The van der Waals surface area contributed by atoms with Crippen molar-refractivity contribution in [3.8, 4) is 0 Å². The second-order valence-corrected chi connectivity index (χ2v) is 7.64. The molecule has 2 N–H and O–H groups in total. The molecule has 0 aromatic heterocycles. The maximum atomic E-state index is 13.9. The van der Waals surface area contributed by atoms with Crippen LogP contribution in [0.5, 0.6) is 0 Å². The van der Waals surface area contributed by atoms with Gasteiger partial charge in [-0.3, -0.25) is 9.59 Å². The van der Waals surface area contributed by atoms with E-state index in [9.17, 15) is 44.7 Å². The van der Waals surface area contributed by atoms with Crippen molar-refractivity contribution in [1.82, 2.24) is 10.6 Å². The Kier molecular flexibility index (Phi) is 12.5. The summed E-state index contributed by atoms with van der Waals surface area (Å²) >= 11 is 0. The highest BCUT2D eigenvalue weighted by atomic mass is 19.4. The van der Waals surface area contributed by atoms with Gasteiger partial charge in [-0.1, -0.05) is 65.2 Å². The summed E-state index contributed by atoms with van der Waals surface area (Å²) in [5.41, 5.74) is 0. The zero-order chi connectivity index (χ0) is 25.1. The molecular weight excluding hydrogens is 452 g/mol. The molecule has 2 amide bonds. The number of halogens is 8. The highest BCUT2D eigenvalue weighted by Crippen LogP contribution is 2.52. The third kappa shape index (κ3) is 7.47. The number of carbonyl (C=O) groups is 2. The number of nitrogens with one attached hydrogen (secondary N) is 2. The van der Waals surface area contributed by atoms with Gasteiger partial charge in [0, 0.05) is 13.1 Å². The van der Waals surface area contributed by atoms with Crippen LogP contribution in [0.2, 0.25) is 0 Å². The molecule has 0 aliphatic carbocycles. The minimum absolute atomic E-state index is 0.112. The van der Waals surface area contributed by atoms with Gasteiger partial charge in [0.05, 0.1) is 0 Å². The summed E-state index contributed by atoms with van der Waals surface area (Å²) in [5.74, 6) is -31.6. The summed E-state index contributed by atoms with van der Waals surface area (Å²) in [6.07, 6.45) is 5.83. The summed E-state index contributed by atoms with van der Waals surface area (Å²) < 4.78 is 111. The Morgan fingerprint density at radius 2 is 0.812 bits per heavy atom. The Morgan fingerprint density at radius 1 is 0.531 bits per heavy atom. The molecular formula is C20H32F8N2O2. The Balaban J connectivity index is 5.11. The van der Waals surface area contributed by atoms with Gasteiger partial charge >= 0.3 is 23.7 Å². The number of amides is 2. The zero-order valence-corrected chi connectivity index (χ0v) is 18.3. The molecule has 0 aliphatic heterocycles. The number of rotatable bonds is 17. The third-order valence-corrected chi connectivity index (χ3v) is 4.89. The second kappa shape index (κ2) is 13.2. The maximum Gasteiger partial charge on any atom is 0.392 e. The van der Waals surface area contributed by atoms with Crippen LogP contribution in [0.15, 0.2) is 0 Å². The van der Waals surface area contributed by atoms with E-state index in [1.165, 1.54) is 10.6 Å². The van der Waals surface area contributed by atoms with Crippen LogP contribution in [0.1, 0.15) is 78.1 Å². The average molecular weight is 484 g/mol. The normalized spacial score (nSPS) is 13.2. The number of carbonyl (C=O) groups excluding carboxylic acids is 2. The lowest BCUT2D eigenvalue weighted by Gasteiger charge is -2.35. The largest absolute Gasteiger partial charge is 0.392 e. The lowest BCUT2D eigenvalue weighted by Crippen LogP contribution is -2.69. The fraction of sp³-hybridized carbons (Fsp3) is 0.900. The van der Waals surface area contributed by atoms with Gasteiger partial charge in [-0.05, 0) is 12.8 Å². The van der Waals surface area contributed by atoms with Crippen molar-refractivity contribution < 1.29 is 44.7 Å². The molecule has 0 rings (SSSR count). The molecule has 32 heavy (non-hydrogen) atoms. The first kappa shape index (κ1) is 30.4. The standard InChI is InChI=1S/C20H32F8N2O2/c1-3-5-7-9-11-13-29-15(31)17(21,22)19(25,26)20(27,28)18(23,24)16(32)30-14-12-10-8-6-4-2/h3-14H2,1-2H3,(H,29,31)(H,30,32). The highest BCUT2D eigenvalue weighted by molar-refractivity contribution is 5.87. The van der Waals surface area contributed by atoms with Gasteiger partial charge in [-0.25, -0.2) is 0 Å². The predicted molar refractivity (Wildman–Crippen MR) is 103 cm³/mol. The highest BCUT2D eigenvalue weighted by Gasteiger charge is 2.84. The molecule has 0 spiro atoms. The van der Waals surface area contributed by atoms with Crippen molar-refractivity contribution in [1.29, 1.82) is 0 Å². The molecule has 4 nitrogen and oxygen atoms in total. The van der Waals surface area contributed by atoms with Crippen LogP contribution in [-0.2, 0) is 9.59 Å². The van der Waals surface area contributed by atoms with Crippen LogP contribution in [0.25, 0.3) is 0 Å². The molecule has 190 valence electrons. The Hall–Kier alpha value is -1.62. The molecule has 0 aliphatic rings. The number of unbranched alkanes of at least 4 members (excludes halogenated alkanes) is 8. The van der Waals surface area contributed by atoms with Gasteiger partial charge in [0.1, 0.15) is 0 Å². The first-order chi connectivity index (χ1) is 14.7. The SMILES string of the molecule is CCCCCCCNC(=O)C(F)(F)C(F)(F)C(F)(F)C(F)(F)C(=O)NCCCCCCC. The smallest absolute Gasteiger partial charge is 0.351 e. The summed E-state index contributed by atoms with van der Waals surface area (Å²) in [7, 11) is 0. The molecule has 0 radical (unpaired) electrons. The molecule has 12 heteroatoms. The van der Waals surface area contributed by atoms with Gasteiger partial charge in [0.2, 0.25) is 0 Å². The van der Waals surface area contributed by atoms with Crippen LogP contribution < -0.4 is 10.6 Å². The van der Waals surface area contributed by atoms with E-state index in [0.29, 0.717) is 25.7 Å². The quantitative estimate of drug-likeness (QED) is 0.206. The van der Waals surface area contributed by atoms with Crippen LogP contribution >= 0.6 is 0 Å². The molecule has 0 saturated heterocycles. The number of alkyl halides is 8. The van der Waals surface area contributed by atoms with Crippen LogP contribution in [0.4, 0.5) is 35.1 Å². The monoisotopic (exact) mass is 484 g/mol. The molecule has 0 unspecified atom stereocenters. The van der Waals surface area contributed by atoms with Gasteiger partial charge < -0.3 is 10.6 Å². The fourth-order valence-corrected chi connectivity index (χ4v) is 2.76. The van der Waals surface area contributed by atoms with Gasteiger partial charge in [-0.2, -0.15) is 35.1 Å². The first-order valence-corrected chi connectivity index (χ1v) is 10.8. The molecule has 0 bridgehead atoms. The van der Waals surface area contributed by atoms with E-state index < -0.39 is 48.6 Å². The summed E-state index contributed by atoms with van der Waals surface area (Å²) in [5, 5.41) is 2.74. The van der Waals surface area contributed by atoms with Gasteiger partial charge in [0.15, 0.2) is 0 Å². The van der Waals surface area contributed by atoms with E-state index in [1.54, 1.807) is 0 Å². The molecule has 0 aromatic carbocycles. The van der Waals surface area contributed by atoms with Crippen molar-refractivity contribution in [2.24, 2.45) is 0 Å². The minimum Gasteiger partial charge on any atom is -0.351 e. The van der Waals surface area contributed by atoms with Crippen molar-refractivity contribution in [2.75, 3.05) is 13.1 Å². The minimum atomic E-state index is -6.83. The molecule has 0 aromatic rings. The van der Waals surface area contributed by atoms with Gasteiger partial charge in [-0.15, -0.1) is 0 Å². The topological polar surface area (TPSA) is 58.2 Å². The first-order valence-electron chi connectivity index (χ1n) is 10.8. The Morgan fingerprint density at radius 3 is 1.09 bits per heavy atom. The van der Waals surface area contributed by atoms with Crippen molar-refractivity contribution in [3.05, 3.63) is 0 Å². The summed E-state index contributed by atoms with van der Waals surface area (Å²) in [6.45, 7) is 2.76. The van der Waals surface area contributed by atoms with Crippen LogP contribution in [-0.4, -0.2) is 48.6 Å². The van der Waals surface area contributed by atoms with Crippen molar-refractivity contribution in [3.63, 3.8) is 0 Å². The van der Waals surface area contributed by atoms with Gasteiger partial charge in [0.25, 0.3) is 11.8 Å². The predicted octanol–water partition coefficient (Wildman–Crippen LogP) is 5.70. The van der Waals surface area contributed by atoms with Crippen LogP contribution in [0.3, 0.4) is 0 Å². The lowest BCUT2D eigenvalue weighted by atomic mass is 9.97. The fourth-order valence-electron chi connectivity index (χ4n) is 2.76. The van der Waals surface area contributed by atoms with E-state index in [1.807, 2.05) is 13.8 Å². The van der Waals surface area contributed by atoms with Crippen LogP contribution in [0, 0.1) is 0 Å². The Bertz CT molecular complexity index is 536. The van der Waals surface area contributed by atoms with E-state index in [2.05, 4.69) is 0 Å². The molecule has 0 saturated carbocycles. The summed E-state index contributed by atoms with van der Waals surface area (Å²) in [4.78, 5) is 22.8. The Labute approximate surface area is 182 Å². The number of hydrogen-bond donors (Lipinski definition) is 2. The van der Waals surface area contributed by atoms with E-state index in [0.717, 1.165) is 25.7 Å². The lowest BCUT2D eigenvalue weighted by molar-refractivity contribution is -0.347. The molecule has 0 atom stereocenters. The third-order valence-electron chi connectivity index (χ3n) is 4.89. The molecule has 0 heterocycles.